The number of aromatic amines is 1. The Morgan fingerprint density at radius 3 is 2.68 bits per heavy atom. The maximum absolute atomic E-state index is 12.2. The molecule has 2 aromatic carbocycles. The molecule has 0 aliphatic heterocycles. The Morgan fingerprint density at radius 1 is 1.18 bits per heavy atom. The maximum atomic E-state index is 12.2. The van der Waals surface area contributed by atoms with Crippen molar-refractivity contribution >= 4 is 17.7 Å². The van der Waals surface area contributed by atoms with Gasteiger partial charge in [0, 0.05) is 29.1 Å². The Morgan fingerprint density at radius 2 is 1.96 bits per heavy atom. The highest BCUT2D eigenvalue weighted by Gasteiger charge is 2.05. The molecular weight excluding hydrogens is 354 g/mol. The van der Waals surface area contributed by atoms with Crippen LogP contribution in [0.3, 0.4) is 0 Å². The molecule has 6 nitrogen and oxygen atoms in total. The highest BCUT2D eigenvalue weighted by atomic mass is 16.5. The molecule has 3 aromatic rings. The largest absolute Gasteiger partial charge is 0.494 e. The van der Waals surface area contributed by atoms with Crippen molar-refractivity contribution in [1.82, 2.24) is 9.97 Å². The highest BCUT2D eigenvalue weighted by Crippen LogP contribution is 2.19. The first-order chi connectivity index (χ1) is 13.5. The van der Waals surface area contributed by atoms with Crippen molar-refractivity contribution in [2.45, 2.75) is 13.8 Å². The molecule has 0 aliphatic rings. The van der Waals surface area contributed by atoms with Crippen LogP contribution in [0.25, 0.3) is 17.5 Å². The number of carbonyl (C=O) groups is 1. The van der Waals surface area contributed by atoms with Crippen molar-refractivity contribution in [2.24, 2.45) is 0 Å². The number of nitrogens with one attached hydrogen (secondary N) is 2. The number of hydrogen-bond donors (Lipinski definition) is 2. The number of ether oxygens (including phenoxy) is 1. The molecule has 28 heavy (non-hydrogen) atoms. The fourth-order valence-corrected chi connectivity index (χ4v) is 2.66. The summed E-state index contributed by atoms with van der Waals surface area (Å²) in [5.41, 5.74) is 2.65. The third-order valence-corrected chi connectivity index (χ3v) is 3.89. The number of benzene rings is 2. The second-order valence-electron chi connectivity index (χ2n) is 6.14. The summed E-state index contributed by atoms with van der Waals surface area (Å²) in [4.78, 5) is 30.9. The van der Waals surface area contributed by atoms with Crippen molar-refractivity contribution < 1.29 is 9.53 Å². The van der Waals surface area contributed by atoms with Gasteiger partial charge in [-0.15, -0.1) is 0 Å². The summed E-state index contributed by atoms with van der Waals surface area (Å²) in [6, 6.07) is 16.1. The summed E-state index contributed by atoms with van der Waals surface area (Å²) in [5, 5.41) is 2.81. The van der Waals surface area contributed by atoms with Crippen molar-refractivity contribution in [3.05, 3.63) is 82.3 Å². The van der Waals surface area contributed by atoms with Crippen molar-refractivity contribution in [1.29, 1.82) is 0 Å². The SMILES string of the molecule is CCOc1ccc(C=CC(=O)Nc2cccc(-c3nc(C)cc(=O)[nH]3)c2)cc1. The van der Waals surface area contributed by atoms with Gasteiger partial charge in [0.25, 0.3) is 5.56 Å². The number of rotatable bonds is 6. The molecular formula is C22H21N3O3. The summed E-state index contributed by atoms with van der Waals surface area (Å²) < 4.78 is 5.40. The van der Waals surface area contributed by atoms with Crippen LogP contribution in [-0.2, 0) is 4.79 Å². The molecule has 0 unspecified atom stereocenters. The van der Waals surface area contributed by atoms with E-state index < -0.39 is 0 Å². The molecule has 0 bridgehead atoms. The first kappa shape index (κ1) is 19.1. The monoisotopic (exact) mass is 375 g/mol. The van der Waals surface area contributed by atoms with E-state index in [1.165, 1.54) is 12.1 Å². The lowest BCUT2D eigenvalue weighted by atomic mass is 10.1. The van der Waals surface area contributed by atoms with Crippen LogP contribution in [0.5, 0.6) is 5.75 Å². The zero-order valence-corrected chi connectivity index (χ0v) is 15.7. The molecule has 3 rings (SSSR count). The van der Waals surface area contributed by atoms with E-state index in [0.29, 0.717) is 29.4 Å². The molecule has 142 valence electrons. The fourth-order valence-electron chi connectivity index (χ4n) is 2.66. The van der Waals surface area contributed by atoms with Crippen molar-refractivity contribution in [2.75, 3.05) is 11.9 Å². The van der Waals surface area contributed by atoms with Crippen LogP contribution in [-0.4, -0.2) is 22.5 Å². The number of amides is 1. The van der Waals surface area contributed by atoms with E-state index in [9.17, 15) is 9.59 Å². The number of carbonyl (C=O) groups excluding carboxylic acids is 1. The molecule has 0 saturated heterocycles. The molecule has 1 heterocycles. The van der Waals surface area contributed by atoms with Gasteiger partial charge in [-0.25, -0.2) is 4.98 Å². The number of nitrogens with zero attached hydrogens (tertiary/aromatic N) is 1. The minimum atomic E-state index is -0.253. The molecule has 0 saturated carbocycles. The number of anilines is 1. The number of aryl methyl sites for hydroxylation is 1. The second-order valence-corrected chi connectivity index (χ2v) is 6.14. The lowest BCUT2D eigenvalue weighted by Gasteiger charge is -2.06. The summed E-state index contributed by atoms with van der Waals surface area (Å²) >= 11 is 0. The number of H-pyrrole nitrogens is 1. The van der Waals surface area contributed by atoms with E-state index in [1.54, 1.807) is 31.2 Å². The number of aromatic nitrogens is 2. The van der Waals surface area contributed by atoms with Gasteiger partial charge in [-0.2, -0.15) is 0 Å². The van der Waals surface area contributed by atoms with E-state index in [4.69, 9.17) is 4.74 Å². The van der Waals surface area contributed by atoms with Crippen LogP contribution in [0, 0.1) is 6.92 Å². The van der Waals surface area contributed by atoms with Gasteiger partial charge in [0.2, 0.25) is 5.91 Å². The van der Waals surface area contributed by atoms with Crippen LogP contribution < -0.4 is 15.6 Å². The minimum Gasteiger partial charge on any atom is -0.494 e. The number of hydrogen-bond acceptors (Lipinski definition) is 4. The maximum Gasteiger partial charge on any atom is 0.251 e. The third kappa shape index (κ3) is 5.17. The molecule has 2 N–H and O–H groups in total. The molecule has 0 aliphatic carbocycles. The Kier molecular flexibility index (Phi) is 6.01. The standard InChI is InChI=1S/C22H21N3O3/c1-3-28-19-10-7-16(8-11-19)9-12-20(26)24-18-6-4-5-17(14-18)22-23-15(2)13-21(27)25-22/h4-14H,3H2,1-2H3,(H,24,26)(H,23,25,27). The third-order valence-electron chi connectivity index (χ3n) is 3.89. The molecule has 6 heteroatoms. The summed E-state index contributed by atoms with van der Waals surface area (Å²) in [7, 11) is 0. The van der Waals surface area contributed by atoms with Crippen LogP contribution in [0.4, 0.5) is 5.69 Å². The van der Waals surface area contributed by atoms with Crippen LogP contribution in [0.2, 0.25) is 0 Å². The zero-order chi connectivity index (χ0) is 19.9. The van der Waals surface area contributed by atoms with Gasteiger partial charge in [0.15, 0.2) is 0 Å². The predicted octanol–water partition coefficient (Wildman–Crippen LogP) is 3.80. The van der Waals surface area contributed by atoms with Crippen LogP contribution >= 0.6 is 0 Å². The normalized spacial score (nSPS) is 10.8. The van der Waals surface area contributed by atoms with Crippen LogP contribution in [0.1, 0.15) is 18.2 Å². The summed E-state index contributed by atoms with van der Waals surface area (Å²) in [5.74, 6) is 1.01. The molecule has 0 radical (unpaired) electrons. The fraction of sp³-hybridized carbons (Fsp3) is 0.136. The lowest BCUT2D eigenvalue weighted by molar-refractivity contribution is -0.111. The zero-order valence-electron chi connectivity index (χ0n) is 15.7. The van der Waals surface area contributed by atoms with Gasteiger partial charge in [-0.1, -0.05) is 24.3 Å². The van der Waals surface area contributed by atoms with Crippen molar-refractivity contribution in [3.8, 4) is 17.1 Å². The predicted molar refractivity (Wildman–Crippen MR) is 110 cm³/mol. The van der Waals surface area contributed by atoms with Gasteiger partial charge < -0.3 is 15.0 Å². The van der Waals surface area contributed by atoms with E-state index in [1.807, 2.05) is 37.3 Å². The minimum absolute atomic E-state index is 0.213. The van der Waals surface area contributed by atoms with Crippen molar-refractivity contribution in [3.63, 3.8) is 0 Å². The Hall–Kier alpha value is -3.67. The van der Waals surface area contributed by atoms with E-state index in [0.717, 1.165) is 11.3 Å². The first-order valence-corrected chi connectivity index (χ1v) is 8.94. The first-order valence-electron chi connectivity index (χ1n) is 8.94. The Balaban J connectivity index is 1.69. The smallest absolute Gasteiger partial charge is 0.251 e. The average molecular weight is 375 g/mol. The molecule has 0 atom stereocenters. The Bertz CT molecular complexity index is 1050. The average Bonchev–Trinajstić information content (AvgIpc) is 2.67. The molecule has 0 spiro atoms. The highest BCUT2D eigenvalue weighted by molar-refractivity contribution is 6.02. The van der Waals surface area contributed by atoms with Gasteiger partial charge in [0.1, 0.15) is 11.6 Å². The summed E-state index contributed by atoms with van der Waals surface area (Å²) in [6.45, 7) is 4.30. The van der Waals surface area contributed by atoms with Gasteiger partial charge in [0.05, 0.1) is 6.61 Å². The van der Waals surface area contributed by atoms with E-state index in [2.05, 4.69) is 15.3 Å². The summed E-state index contributed by atoms with van der Waals surface area (Å²) in [6.07, 6.45) is 3.20. The molecule has 0 fully saturated rings. The van der Waals surface area contributed by atoms with Crippen LogP contribution in [0.15, 0.2) is 65.5 Å². The second kappa shape index (κ2) is 8.81. The Labute approximate surface area is 162 Å². The van der Waals surface area contributed by atoms with Gasteiger partial charge in [-0.05, 0) is 49.8 Å². The van der Waals surface area contributed by atoms with E-state index >= 15 is 0 Å². The van der Waals surface area contributed by atoms with Gasteiger partial charge >= 0.3 is 0 Å². The topological polar surface area (TPSA) is 84.1 Å². The lowest BCUT2D eigenvalue weighted by Crippen LogP contribution is -2.10. The molecule has 1 aromatic heterocycles. The quantitative estimate of drug-likeness (QED) is 0.642. The molecule has 1 amide bonds. The van der Waals surface area contributed by atoms with E-state index in [-0.39, 0.29) is 11.5 Å². The van der Waals surface area contributed by atoms with Gasteiger partial charge in [-0.3, -0.25) is 9.59 Å².